The van der Waals surface area contributed by atoms with Crippen LogP contribution in [0.25, 0.3) is 22.0 Å². The van der Waals surface area contributed by atoms with Crippen LogP contribution in [0.2, 0.25) is 0 Å². The van der Waals surface area contributed by atoms with Crippen LogP contribution >= 0.6 is 0 Å². The Morgan fingerprint density at radius 1 is 0.964 bits per heavy atom. The van der Waals surface area contributed by atoms with Crippen LogP contribution in [0.3, 0.4) is 0 Å². The van der Waals surface area contributed by atoms with Gasteiger partial charge in [-0.25, -0.2) is 32.1 Å². The molecule has 1 aliphatic rings. The number of benzene rings is 2. The molecule has 3 aromatic rings. The van der Waals surface area contributed by atoms with E-state index in [1.807, 2.05) is 6.07 Å². The molecule has 2 heterocycles. The number of H-pyrrole nitrogens is 1. The number of sulfonamides is 2. The van der Waals surface area contributed by atoms with E-state index in [1.165, 1.54) is 6.07 Å². The largest absolute Gasteiger partial charge is 0.277 e. The molecular weight excluding hydrogens is 406 g/mol. The summed E-state index contributed by atoms with van der Waals surface area (Å²) in [7, 11) is -8.93. The molecule has 0 amide bonds. The van der Waals surface area contributed by atoms with E-state index in [4.69, 9.17) is 10.3 Å². The number of rotatable bonds is 4. The highest BCUT2D eigenvalue weighted by Crippen LogP contribution is 2.36. The summed E-state index contributed by atoms with van der Waals surface area (Å²) >= 11 is 0. The summed E-state index contributed by atoms with van der Waals surface area (Å²) < 4.78 is 48.8. The minimum absolute atomic E-state index is 0.0211. The standard InChI is InChI=1S/C15H13N7O4S2/c16-27(23,24)11-5-4-9(10-3-1-2-8-6-19-21-13(8)10)12(14(11)28(17,25)26)15-18-7-20-22-15/h1-6H,7H2,(H,19,21)(H2,16,23,24)(H2,17,25,26). The van der Waals surface area contributed by atoms with E-state index in [9.17, 15) is 16.8 Å². The van der Waals surface area contributed by atoms with Crippen LogP contribution in [-0.2, 0) is 20.0 Å². The molecule has 1 aromatic heterocycles. The third-order valence-corrected chi connectivity index (χ3v) is 6.23. The molecule has 0 saturated heterocycles. The molecule has 2 aromatic carbocycles. The minimum Gasteiger partial charge on any atom is -0.277 e. The van der Waals surface area contributed by atoms with Gasteiger partial charge in [0.15, 0.2) is 12.5 Å². The lowest BCUT2D eigenvalue weighted by Crippen LogP contribution is -2.24. The Kier molecular flexibility index (Phi) is 4.11. The van der Waals surface area contributed by atoms with E-state index in [0.29, 0.717) is 16.6 Å². The van der Waals surface area contributed by atoms with Crippen LogP contribution in [0.1, 0.15) is 5.56 Å². The Morgan fingerprint density at radius 3 is 2.39 bits per heavy atom. The maximum absolute atomic E-state index is 12.4. The number of aromatic amines is 1. The molecule has 0 aliphatic carbocycles. The van der Waals surface area contributed by atoms with E-state index in [1.54, 1.807) is 18.3 Å². The number of nitrogens with one attached hydrogen (secondary N) is 1. The van der Waals surface area contributed by atoms with E-state index in [0.717, 1.165) is 11.5 Å². The summed E-state index contributed by atoms with van der Waals surface area (Å²) in [6.45, 7) is -0.0211. The van der Waals surface area contributed by atoms with Crippen LogP contribution in [0.4, 0.5) is 0 Å². The highest BCUT2D eigenvalue weighted by molar-refractivity contribution is 7.92. The first-order valence-electron chi connectivity index (χ1n) is 7.75. The van der Waals surface area contributed by atoms with Crippen molar-refractivity contribution in [2.45, 2.75) is 9.79 Å². The van der Waals surface area contributed by atoms with Gasteiger partial charge in [-0.1, -0.05) is 24.3 Å². The number of primary sulfonamides is 2. The number of azo groups is 1. The highest BCUT2D eigenvalue weighted by atomic mass is 32.2. The van der Waals surface area contributed by atoms with Gasteiger partial charge >= 0.3 is 0 Å². The van der Waals surface area contributed by atoms with E-state index >= 15 is 0 Å². The Hall–Kier alpha value is -3.00. The van der Waals surface area contributed by atoms with Gasteiger partial charge in [-0.3, -0.25) is 5.10 Å². The molecule has 0 unspecified atom stereocenters. The van der Waals surface area contributed by atoms with Crippen LogP contribution in [0.5, 0.6) is 0 Å². The van der Waals surface area contributed by atoms with Crippen molar-refractivity contribution in [3.63, 3.8) is 0 Å². The average Bonchev–Trinajstić information content (AvgIpc) is 3.30. The van der Waals surface area contributed by atoms with Gasteiger partial charge in [0.1, 0.15) is 9.79 Å². The van der Waals surface area contributed by atoms with Gasteiger partial charge in [0.05, 0.1) is 17.3 Å². The molecule has 0 bridgehead atoms. The number of aliphatic imine (C=N–C) groups is 1. The molecule has 1 aliphatic heterocycles. The number of hydrogen-bond donors (Lipinski definition) is 3. The quantitative estimate of drug-likeness (QED) is 0.560. The maximum Gasteiger partial charge on any atom is 0.240 e. The van der Waals surface area contributed by atoms with Crippen LogP contribution in [0, 0.1) is 0 Å². The van der Waals surface area contributed by atoms with E-state index in [2.05, 4.69) is 25.4 Å². The third-order valence-electron chi connectivity index (χ3n) is 4.15. The minimum atomic E-state index is -4.52. The van der Waals surface area contributed by atoms with Crippen LogP contribution < -0.4 is 10.3 Å². The van der Waals surface area contributed by atoms with Crippen molar-refractivity contribution in [1.29, 1.82) is 0 Å². The number of nitrogens with zero attached hydrogens (tertiary/aromatic N) is 4. The van der Waals surface area contributed by atoms with Gasteiger partial charge < -0.3 is 0 Å². The number of aromatic nitrogens is 2. The van der Waals surface area contributed by atoms with Gasteiger partial charge in [0.25, 0.3) is 0 Å². The lowest BCUT2D eigenvalue weighted by atomic mass is 9.97. The molecule has 0 radical (unpaired) electrons. The normalized spacial score (nSPS) is 14.6. The van der Waals surface area contributed by atoms with Crippen molar-refractivity contribution >= 4 is 36.8 Å². The number of para-hydroxylation sites is 1. The molecular formula is C15H13N7O4S2. The first-order valence-corrected chi connectivity index (χ1v) is 10.8. The number of nitrogens with two attached hydrogens (primary N) is 2. The molecule has 144 valence electrons. The third kappa shape index (κ3) is 2.99. The molecule has 0 saturated carbocycles. The van der Waals surface area contributed by atoms with E-state index < -0.39 is 29.8 Å². The molecule has 0 atom stereocenters. The fraction of sp³-hybridized carbons (Fsp3) is 0.0667. The second-order valence-corrected chi connectivity index (χ2v) is 8.94. The van der Waals surface area contributed by atoms with Crippen molar-refractivity contribution in [3.8, 4) is 11.1 Å². The SMILES string of the molecule is NS(=O)(=O)c1ccc(-c2cccc3cn[nH]c23)c(C2=NCN=N2)c1S(N)(=O)=O. The summed E-state index contributed by atoms with van der Waals surface area (Å²) in [6, 6.07) is 7.80. The summed E-state index contributed by atoms with van der Waals surface area (Å²) in [6.07, 6.45) is 1.60. The zero-order chi connectivity index (χ0) is 20.1. The smallest absolute Gasteiger partial charge is 0.240 e. The molecule has 0 fully saturated rings. The zero-order valence-corrected chi connectivity index (χ0v) is 15.7. The molecule has 4 rings (SSSR count). The summed E-state index contributed by atoms with van der Waals surface area (Å²) in [4.78, 5) is 2.74. The highest BCUT2D eigenvalue weighted by Gasteiger charge is 2.31. The predicted octanol–water partition coefficient (Wildman–Crippen LogP) is 0.695. The first-order chi connectivity index (χ1) is 13.2. The van der Waals surface area contributed by atoms with Crippen molar-refractivity contribution in [3.05, 3.63) is 42.1 Å². The van der Waals surface area contributed by atoms with Gasteiger partial charge in [0, 0.05) is 10.9 Å². The second kappa shape index (κ2) is 6.27. The second-order valence-electron chi connectivity index (χ2n) is 5.91. The van der Waals surface area contributed by atoms with Crippen molar-refractivity contribution in [1.82, 2.24) is 10.2 Å². The molecule has 13 heteroatoms. The van der Waals surface area contributed by atoms with Crippen LogP contribution in [-0.4, -0.2) is 39.5 Å². The molecule has 5 N–H and O–H groups in total. The summed E-state index contributed by atoms with van der Waals surface area (Å²) in [5.74, 6) is -0.0546. The molecule has 28 heavy (non-hydrogen) atoms. The van der Waals surface area contributed by atoms with Crippen molar-refractivity contribution < 1.29 is 16.8 Å². The fourth-order valence-corrected chi connectivity index (χ4v) is 5.22. The summed E-state index contributed by atoms with van der Waals surface area (Å²) in [5.41, 5.74) is 1.42. The fourth-order valence-electron chi connectivity index (χ4n) is 3.07. The van der Waals surface area contributed by atoms with Gasteiger partial charge in [0.2, 0.25) is 20.0 Å². The Labute approximate surface area is 159 Å². The Bertz CT molecular complexity index is 1390. The lowest BCUT2D eigenvalue weighted by molar-refractivity contribution is 0.584. The Morgan fingerprint density at radius 2 is 1.75 bits per heavy atom. The van der Waals surface area contributed by atoms with Crippen molar-refractivity contribution in [2.24, 2.45) is 25.5 Å². The lowest BCUT2D eigenvalue weighted by Gasteiger charge is -2.16. The van der Waals surface area contributed by atoms with Crippen molar-refractivity contribution in [2.75, 3.05) is 6.67 Å². The maximum atomic E-state index is 12.4. The van der Waals surface area contributed by atoms with Gasteiger partial charge in [-0.15, -0.1) is 5.11 Å². The van der Waals surface area contributed by atoms with Gasteiger partial charge in [-0.05, 0) is 11.6 Å². The summed E-state index contributed by atoms with van der Waals surface area (Å²) in [5, 5.41) is 25.8. The first kappa shape index (κ1) is 18.4. The molecule has 0 spiro atoms. The van der Waals surface area contributed by atoms with E-state index in [-0.39, 0.29) is 18.1 Å². The number of amidine groups is 1. The number of fused-ring (bicyclic) bond motifs is 1. The zero-order valence-electron chi connectivity index (χ0n) is 14.1. The molecule has 11 nitrogen and oxygen atoms in total. The average molecular weight is 419 g/mol. The Balaban J connectivity index is 2.20. The van der Waals surface area contributed by atoms with Gasteiger partial charge in [-0.2, -0.15) is 10.2 Å². The predicted molar refractivity (Wildman–Crippen MR) is 101 cm³/mol. The van der Waals surface area contributed by atoms with Crippen LogP contribution in [0.15, 0.2) is 61.5 Å². The number of hydrogen-bond acceptors (Lipinski definition) is 8. The topological polar surface area (TPSA) is 186 Å². The monoisotopic (exact) mass is 419 g/mol.